The number of hydrogen-bond acceptors (Lipinski definition) is 5. The van der Waals surface area contributed by atoms with E-state index in [0.29, 0.717) is 6.54 Å². The lowest BCUT2D eigenvalue weighted by Crippen LogP contribution is -2.44. The molecule has 2 aromatic heterocycles. The molecule has 4 heterocycles. The van der Waals surface area contributed by atoms with E-state index >= 15 is 0 Å². The van der Waals surface area contributed by atoms with Crippen LogP contribution in [0.5, 0.6) is 0 Å². The van der Waals surface area contributed by atoms with Crippen LogP contribution < -0.4 is 10.6 Å². The number of amides is 1. The molecule has 2 aliphatic heterocycles. The van der Waals surface area contributed by atoms with Gasteiger partial charge in [-0.1, -0.05) is 18.2 Å². The van der Waals surface area contributed by atoms with Crippen molar-refractivity contribution in [1.82, 2.24) is 20.2 Å². The number of carbonyl (C=O) groups is 1. The number of aromatic nitrogens is 2. The number of imidazole rings is 1. The van der Waals surface area contributed by atoms with Crippen LogP contribution >= 0.6 is 36.2 Å². The van der Waals surface area contributed by atoms with Gasteiger partial charge in [0.15, 0.2) is 0 Å². The summed E-state index contributed by atoms with van der Waals surface area (Å²) in [5, 5.41) is 6.51. The van der Waals surface area contributed by atoms with Gasteiger partial charge in [0.2, 0.25) is 0 Å². The molecule has 0 aliphatic carbocycles. The maximum absolute atomic E-state index is 12.9. The molecule has 0 saturated carbocycles. The molecule has 1 spiro atoms. The molecule has 0 atom stereocenters. The molecule has 1 saturated heterocycles. The molecule has 1 amide bonds. The van der Waals surface area contributed by atoms with Crippen molar-refractivity contribution in [3.8, 4) is 5.69 Å². The lowest BCUT2D eigenvalue weighted by Gasteiger charge is -2.40. The third-order valence-electron chi connectivity index (χ3n) is 5.86. The fourth-order valence-electron chi connectivity index (χ4n) is 4.35. The number of benzene rings is 1. The fourth-order valence-corrected chi connectivity index (χ4v) is 5.50. The monoisotopic (exact) mass is 480 g/mol. The summed E-state index contributed by atoms with van der Waals surface area (Å²) < 4.78 is 8.20. The summed E-state index contributed by atoms with van der Waals surface area (Å²) in [6, 6.07) is 10.1. The summed E-state index contributed by atoms with van der Waals surface area (Å²) in [7, 11) is 0. The van der Waals surface area contributed by atoms with Crippen LogP contribution in [0.25, 0.3) is 5.69 Å². The predicted octanol–water partition coefficient (Wildman–Crippen LogP) is 3.86. The summed E-state index contributed by atoms with van der Waals surface area (Å²) in [5.41, 5.74) is 3.11. The van der Waals surface area contributed by atoms with E-state index in [2.05, 4.69) is 21.7 Å². The van der Waals surface area contributed by atoms with E-state index in [1.165, 1.54) is 10.4 Å². The molecule has 2 aliphatic rings. The Morgan fingerprint density at radius 1 is 1.26 bits per heavy atom. The molecule has 3 aromatic rings. The molecule has 9 heteroatoms. The van der Waals surface area contributed by atoms with Gasteiger partial charge in [-0.15, -0.1) is 36.2 Å². The second-order valence-corrected chi connectivity index (χ2v) is 8.71. The zero-order valence-electron chi connectivity index (χ0n) is 17.0. The Morgan fingerprint density at radius 2 is 2.06 bits per heavy atom. The van der Waals surface area contributed by atoms with Crippen molar-refractivity contribution in [3.63, 3.8) is 0 Å². The minimum Gasteiger partial charge on any atom is -0.370 e. The van der Waals surface area contributed by atoms with Gasteiger partial charge in [-0.2, -0.15) is 0 Å². The van der Waals surface area contributed by atoms with Crippen LogP contribution in [0.2, 0.25) is 0 Å². The number of carbonyl (C=O) groups excluding carboxylic acids is 1. The smallest absolute Gasteiger partial charge is 0.261 e. The van der Waals surface area contributed by atoms with E-state index in [9.17, 15) is 4.79 Å². The molecule has 0 radical (unpaired) electrons. The molecule has 2 N–H and O–H groups in total. The standard InChI is InChI=1S/C22H24N4O2S.2ClH/c27-21(25-14-16-3-1-2-4-18(16)26-11-10-24-15-26)20-13-17-19(29-20)5-12-28-22(17)6-8-23-9-7-22;;/h1-4,10-11,13,15,23H,5-9,12,14H2,(H,25,27);2*1H. The van der Waals surface area contributed by atoms with Crippen LogP contribution in [0.4, 0.5) is 0 Å². The van der Waals surface area contributed by atoms with Crippen LogP contribution in [0.1, 0.15) is 38.5 Å². The third kappa shape index (κ3) is 4.66. The Bertz CT molecular complexity index is 1020. The first kappa shape index (κ1) is 23.8. The highest BCUT2D eigenvalue weighted by atomic mass is 35.5. The van der Waals surface area contributed by atoms with E-state index in [1.54, 1.807) is 23.9 Å². The van der Waals surface area contributed by atoms with Gasteiger partial charge in [0.1, 0.15) is 0 Å². The number of thiophene rings is 1. The van der Waals surface area contributed by atoms with Crippen molar-refractivity contribution >= 4 is 42.1 Å². The van der Waals surface area contributed by atoms with Gasteiger partial charge in [0, 0.05) is 30.2 Å². The second-order valence-electron chi connectivity index (χ2n) is 7.57. The third-order valence-corrected chi connectivity index (χ3v) is 7.05. The number of rotatable bonds is 4. The Kier molecular flexibility index (Phi) is 7.78. The Hall–Kier alpha value is -1.90. The average Bonchev–Trinajstić information content (AvgIpc) is 3.44. The zero-order chi connectivity index (χ0) is 19.7. The van der Waals surface area contributed by atoms with Gasteiger partial charge < -0.3 is 19.9 Å². The highest BCUT2D eigenvalue weighted by Crippen LogP contribution is 2.43. The van der Waals surface area contributed by atoms with Crippen molar-refractivity contribution in [2.24, 2.45) is 0 Å². The number of fused-ring (bicyclic) bond motifs is 2. The SMILES string of the molecule is Cl.Cl.O=C(NCc1ccccc1-n1ccnc1)c1cc2c(s1)CCOC21CCNCC1. The first-order valence-electron chi connectivity index (χ1n) is 10.1. The van der Waals surface area contributed by atoms with Gasteiger partial charge >= 0.3 is 0 Å². The van der Waals surface area contributed by atoms with E-state index in [0.717, 1.165) is 55.1 Å². The van der Waals surface area contributed by atoms with E-state index in [1.807, 2.05) is 35.0 Å². The molecule has 1 fully saturated rings. The molecule has 166 valence electrons. The van der Waals surface area contributed by atoms with E-state index in [4.69, 9.17) is 4.74 Å². The number of para-hydroxylation sites is 1. The highest BCUT2D eigenvalue weighted by Gasteiger charge is 2.40. The number of nitrogens with zero attached hydrogens (tertiary/aromatic N) is 2. The average molecular weight is 481 g/mol. The molecule has 5 rings (SSSR count). The van der Waals surface area contributed by atoms with Crippen molar-refractivity contribution < 1.29 is 9.53 Å². The van der Waals surface area contributed by atoms with Crippen LogP contribution in [0, 0.1) is 0 Å². The second kappa shape index (κ2) is 10.1. The van der Waals surface area contributed by atoms with Crippen LogP contribution in [-0.4, -0.2) is 35.2 Å². The molecular weight excluding hydrogens is 455 g/mol. The summed E-state index contributed by atoms with van der Waals surface area (Å²) in [5.74, 6) is -0.0195. The quantitative estimate of drug-likeness (QED) is 0.594. The van der Waals surface area contributed by atoms with Crippen LogP contribution in [-0.2, 0) is 23.3 Å². The molecule has 6 nitrogen and oxygen atoms in total. The molecular formula is C22H26Cl2N4O2S. The van der Waals surface area contributed by atoms with Gasteiger partial charge in [0.05, 0.1) is 29.1 Å². The summed E-state index contributed by atoms with van der Waals surface area (Å²) in [4.78, 5) is 19.1. The van der Waals surface area contributed by atoms with Crippen LogP contribution in [0.3, 0.4) is 0 Å². The Labute approximate surface area is 198 Å². The number of halogens is 2. The maximum Gasteiger partial charge on any atom is 0.261 e. The number of hydrogen-bond donors (Lipinski definition) is 2. The van der Waals surface area contributed by atoms with Gasteiger partial charge in [-0.3, -0.25) is 4.79 Å². The summed E-state index contributed by atoms with van der Waals surface area (Å²) >= 11 is 1.62. The first-order chi connectivity index (χ1) is 14.3. The predicted molar refractivity (Wildman–Crippen MR) is 127 cm³/mol. The molecule has 0 bridgehead atoms. The summed E-state index contributed by atoms with van der Waals surface area (Å²) in [6.07, 6.45) is 8.27. The van der Waals surface area contributed by atoms with Crippen molar-refractivity contribution in [1.29, 1.82) is 0 Å². The fraction of sp³-hybridized carbons (Fsp3) is 0.364. The van der Waals surface area contributed by atoms with Crippen molar-refractivity contribution in [2.75, 3.05) is 19.7 Å². The summed E-state index contributed by atoms with van der Waals surface area (Å²) in [6.45, 7) is 3.14. The van der Waals surface area contributed by atoms with Gasteiger partial charge in [0.25, 0.3) is 5.91 Å². The number of nitrogens with one attached hydrogen (secondary N) is 2. The Morgan fingerprint density at radius 3 is 2.84 bits per heavy atom. The maximum atomic E-state index is 12.9. The Balaban J connectivity index is 0.00000136. The van der Waals surface area contributed by atoms with Crippen LogP contribution in [0.15, 0.2) is 49.1 Å². The number of piperidine rings is 1. The molecule has 1 aromatic carbocycles. The molecule has 0 unspecified atom stereocenters. The van der Waals surface area contributed by atoms with Crippen molar-refractivity contribution in [3.05, 3.63) is 69.9 Å². The van der Waals surface area contributed by atoms with Gasteiger partial charge in [-0.05, 0) is 49.2 Å². The minimum atomic E-state index is -0.206. The number of ether oxygens (including phenoxy) is 1. The normalized spacial score (nSPS) is 16.6. The van der Waals surface area contributed by atoms with E-state index < -0.39 is 0 Å². The van der Waals surface area contributed by atoms with Gasteiger partial charge in [-0.25, -0.2) is 4.98 Å². The first-order valence-corrected chi connectivity index (χ1v) is 10.9. The highest BCUT2D eigenvalue weighted by molar-refractivity contribution is 7.14. The van der Waals surface area contributed by atoms with E-state index in [-0.39, 0.29) is 36.3 Å². The van der Waals surface area contributed by atoms with Crippen molar-refractivity contribution in [2.45, 2.75) is 31.4 Å². The lowest BCUT2D eigenvalue weighted by atomic mass is 9.83. The topological polar surface area (TPSA) is 68.2 Å². The minimum absolute atomic E-state index is 0. The lowest BCUT2D eigenvalue weighted by molar-refractivity contribution is -0.0792. The zero-order valence-corrected chi connectivity index (χ0v) is 19.5. The largest absolute Gasteiger partial charge is 0.370 e. The molecule has 31 heavy (non-hydrogen) atoms.